The lowest BCUT2D eigenvalue weighted by Crippen LogP contribution is -2.11. The second-order valence-corrected chi connectivity index (χ2v) is 16.7. The van der Waals surface area contributed by atoms with Crippen LogP contribution < -0.4 is 4.90 Å². The van der Waals surface area contributed by atoms with Crippen LogP contribution in [-0.2, 0) is 0 Å². The summed E-state index contributed by atoms with van der Waals surface area (Å²) in [5.74, 6) is 0. The zero-order chi connectivity index (χ0) is 39.6. The summed E-state index contributed by atoms with van der Waals surface area (Å²) in [7, 11) is 0. The van der Waals surface area contributed by atoms with Crippen molar-refractivity contribution in [3.63, 3.8) is 0 Å². The van der Waals surface area contributed by atoms with Gasteiger partial charge in [-0.2, -0.15) is 0 Å². The highest BCUT2D eigenvalue weighted by atomic mass is 32.1. The van der Waals surface area contributed by atoms with Gasteiger partial charge in [0.05, 0.1) is 5.69 Å². The van der Waals surface area contributed by atoms with Crippen LogP contribution in [0.2, 0.25) is 0 Å². The molecule has 1 aromatic heterocycles. The Hall–Kier alpha value is -7.52. The number of benzene rings is 11. The molecule has 0 atom stereocenters. The van der Waals surface area contributed by atoms with Crippen molar-refractivity contribution in [1.82, 2.24) is 0 Å². The van der Waals surface area contributed by atoms with Gasteiger partial charge < -0.3 is 4.90 Å². The molecule has 0 radical (unpaired) electrons. The summed E-state index contributed by atoms with van der Waals surface area (Å²) < 4.78 is 2.65. The van der Waals surface area contributed by atoms with Gasteiger partial charge in [0.15, 0.2) is 0 Å². The maximum Gasteiger partial charge on any atom is 0.0540 e. The smallest absolute Gasteiger partial charge is 0.0540 e. The van der Waals surface area contributed by atoms with E-state index in [1.807, 2.05) is 11.3 Å². The SMILES string of the molecule is c1cc(-c2cc3ccccc3c3ccccc23)cc(N(c2ccc(-c3cccc4c3sc3ccccc34)cc2)c2ccccc2-c2cc3ccccc3c3ccccc23)c1. The van der Waals surface area contributed by atoms with Crippen molar-refractivity contribution in [1.29, 1.82) is 0 Å². The Bertz CT molecular complexity index is 3610. The number of hydrogen-bond acceptors (Lipinski definition) is 2. The molecule has 1 nitrogen and oxygen atoms in total. The van der Waals surface area contributed by atoms with Gasteiger partial charge in [-0.3, -0.25) is 0 Å². The second kappa shape index (κ2) is 14.1. The van der Waals surface area contributed by atoms with Gasteiger partial charge in [-0.15, -0.1) is 11.3 Å². The molecular weight excluding hydrogens is 743 g/mol. The normalized spacial score (nSPS) is 11.7. The molecule has 0 fully saturated rings. The van der Waals surface area contributed by atoms with Crippen LogP contribution in [-0.4, -0.2) is 0 Å². The van der Waals surface area contributed by atoms with Crippen molar-refractivity contribution in [3.05, 3.63) is 224 Å². The number of rotatable bonds is 6. The average molecular weight is 780 g/mol. The standard InChI is InChI=1S/C58H37NS/c1-3-19-44-40(15-1)36-54(49-23-7-5-21-47(44)49)39-17-13-18-43(35-39)59(42-33-31-38(32-34-42)46-27-14-28-53-52-26-10-12-30-57(52)60-58(46)53)56-29-11-9-25-51(56)55-37-41-16-2-4-20-45(41)48-22-6-8-24-50(48)55/h1-37H. The van der Waals surface area contributed by atoms with E-state index in [-0.39, 0.29) is 0 Å². The topological polar surface area (TPSA) is 3.24 Å². The van der Waals surface area contributed by atoms with Crippen LogP contribution in [0, 0.1) is 0 Å². The van der Waals surface area contributed by atoms with Crippen molar-refractivity contribution in [3.8, 4) is 33.4 Å². The van der Waals surface area contributed by atoms with E-state index in [1.165, 1.54) is 96.6 Å². The maximum absolute atomic E-state index is 2.45. The fourth-order valence-corrected chi connectivity index (χ4v) is 10.7. The highest BCUT2D eigenvalue weighted by molar-refractivity contribution is 7.26. The summed E-state index contributed by atoms with van der Waals surface area (Å²) in [6, 6.07) is 82.6. The summed E-state index contributed by atoms with van der Waals surface area (Å²) >= 11 is 1.88. The van der Waals surface area contributed by atoms with Crippen molar-refractivity contribution in [2.24, 2.45) is 0 Å². The Morgan fingerprint density at radius 2 is 0.817 bits per heavy atom. The van der Waals surface area contributed by atoms with Crippen LogP contribution in [0.4, 0.5) is 17.1 Å². The molecule has 0 bridgehead atoms. The Labute approximate surface area is 352 Å². The quantitative estimate of drug-likeness (QED) is 0.152. The molecule has 12 aromatic rings. The molecule has 0 unspecified atom stereocenters. The zero-order valence-corrected chi connectivity index (χ0v) is 33.5. The van der Waals surface area contributed by atoms with Gasteiger partial charge in [-0.05, 0) is 119 Å². The van der Waals surface area contributed by atoms with Crippen molar-refractivity contribution < 1.29 is 0 Å². The van der Waals surface area contributed by atoms with Gasteiger partial charge in [0, 0.05) is 37.1 Å². The molecule has 12 rings (SSSR count). The number of para-hydroxylation sites is 1. The highest BCUT2D eigenvalue weighted by Crippen LogP contribution is 2.47. The lowest BCUT2D eigenvalue weighted by atomic mass is 9.91. The monoisotopic (exact) mass is 779 g/mol. The molecule has 0 aliphatic rings. The van der Waals surface area contributed by atoms with Crippen molar-refractivity contribution in [2.45, 2.75) is 0 Å². The van der Waals surface area contributed by atoms with Crippen molar-refractivity contribution >= 4 is 91.7 Å². The third kappa shape index (κ3) is 5.61. The lowest BCUT2D eigenvalue weighted by Gasteiger charge is -2.29. The number of nitrogens with zero attached hydrogens (tertiary/aromatic N) is 1. The summed E-state index contributed by atoms with van der Waals surface area (Å²) in [6.45, 7) is 0. The Kier molecular flexibility index (Phi) is 8.11. The molecule has 11 aromatic carbocycles. The molecule has 60 heavy (non-hydrogen) atoms. The minimum atomic E-state index is 1.10. The van der Waals surface area contributed by atoms with Gasteiger partial charge >= 0.3 is 0 Å². The molecule has 0 saturated heterocycles. The summed E-state index contributed by atoms with van der Waals surface area (Å²) in [5, 5.41) is 12.7. The number of thiophene rings is 1. The number of fused-ring (bicyclic) bond motifs is 9. The summed E-state index contributed by atoms with van der Waals surface area (Å²) in [6.07, 6.45) is 0. The first-order chi connectivity index (χ1) is 29.8. The van der Waals surface area contributed by atoms with Crippen LogP contribution in [0.1, 0.15) is 0 Å². The summed E-state index contributed by atoms with van der Waals surface area (Å²) in [5.41, 5.74) is 10.6. The van der Waals surface area contributed by atoms with E-state index < -0.39 is 0 Å². The van der Waals surface area contributed by atoms with E-state index in [0.717, 1.165) is 17.1 Å². The number of hydrogen-bond donors (Lipinski definition) is 0. The molecule has 0 amide bonds. The minimum Gasteiger partial charge on any atom is -0.310 e. The maximum atomic E-state index is 2.45. The van der Waals surface area contributed by atoms with E-state index in [1.54, 1.807) is 0 Å². The Balaban J connectivity index is 1.07. The van der Waals surface area contributed by atoms with E-state index >= 15 is 0 Å². The first-order valence-electron chi connectivity index (χ1n) is 20.6. The molecule has 0 aliphatic heterocycles. The van der Waals surface area contributed by atoms with Crippen LogP contribution in [0.5, 0.6) is 0 Å². The third-order valence-electron chi connectivity index (χ3n) is 12.2. The molecule has 0 saturated carbocycles. The predicted octanol–water partition coefficient (Wildman–Crippen LogP) is 17.1. The second-order valence-electron chi connectivity index (χ2n) is 15.6. The van der Waals surface area contributed by atoms with E-state index in [4.69, 9.17) is 0 Å². The minimum absolute atomic E-state index is 1.10. The van der Waals surface area contributed by atoms with E-state index in [9.17, 15) is 0 Å². The van der Waals surface area contributed by atoms with Gasteiger partial charge in [0.25, 0.3) is 0 Å². The van der Waals surface area contributed by atoms with Gasteiger partial charge in [-0.1, -0.05) is 176 Å². The average Bonchev–Trinajstić information content (AvgIpc) is 3.71. The third-order valence-corrected chi connectivity index (χ3v) is 13.4. The largest absolute Gasteiger partial charge is 0.310 e. The first kappa shape index (κ1) is 34.5. The zero-order valence-electron chi connectivity index (χ0n) is 32.7. The molecule has 0 aliphatic carbocycles. The Morgan fingerprint density at radius 1 is 0.283 bits per heavy atom. The van der Waals surface area contributed by atoms with Crippen LogP contribution in [0.3, 0.4) is 0 Å². The van der Waals surface area contributed by atoms with Crippen LogP contribution in [0.15, 0.2) is 224 Å². The molecule has 1 heterocycles. The first-order valence-corrected chi connectivity index (χ1v) is 21.4. The molecule has 0 spiro atoms. The van der Waals surface area contributed by atoms with Gasteiger partial charge in [-0.25, -0.2) is 0 Å². The number of anilines is 3. The molecule has 0 N–H and O–H groups in total. The molecule has 280 valence electrons. The molecular formula is C58H37NS. The van der Waals surface area contributed by atoms with Gasteiger partial charge in [0.2, 0.25) is 0 Å². The molecule has 2 heteroatoms. The Morgan fingerprint density at radius 3 is 1.55 bits per heavy atom. The fraction of sp³-hybridized carbons (Fsp3) is 0. The van der Waals surface area contributed by atoms with E-state index in [0.29, 0.717) is 0 Å². The fourth-order valence-electron chi connectivity index (χ4n) is 9.47. The van der Waals surface area contributed by atoms with Gasteiger partial charge in [0.1, 0.15) is 0 Å². The van der Waals surface area contributed by atoms with Crippen LogP contribution in [0.25, 0.3) is 96.6 Å². The highest BCUT2D eigenvalue weighted by Gasteiger charge is 2.21. The predicted molar refractivity (Wildman–Crippen MR) is 260 cm³/mol. The summed E-state index contributed by atoms with van der Waals surface area (Å²) in [4.78, 5) is 2.45. The van der Waals surface area contributed by atoms with Crippen LogP contribution >= 0.6 is 11.3 Å². The van der Waals surface area contributed by atoms with E-state index in [2.05, 4.69) is 229 Å². The van der Waals surface area contributed by atoms with Crippen molar-refractivity contribution in [2.75, 3.05) is 4.90 Å². The lowest BCUT2D eigenvalue weighted by molar-refractivity contribution is 1.29.